The van der Waals surface area contributed by atoms with Gasteiger partial charge in [0.15, 0.2) is 11.6 Å². The van der Waals surface area contributed by atoms with Gasteiger partial charge in [-0.05, 0) is 0 Å². The van der Waals surface area contributed by atoms with Gasteiger partial charge in [0.05, 0.1) is 19.3 Å². The van der Waals surface area contributed by atoms with Crippen LogP contribution in [0.1, 0.15) is 0 Å². The van der Waals surface area contributed by atoms with Crippen molar-refractivity contribution in [1.29, 1.82) is 0 Å². The molecule has 1 aromatic rings. The first-order valence-electron chi connectivity index (χ1n) is 4.42. The summed E-state index contributed by atoms with van der Waals surface area (Å²) in [6.07, 6.45) is 0.897. The summed E-state index contributed by atoms with van der Waals surface area (Å²) in [7, 11) is 0. The Morgan fingerprint density at radius 1 is 1.38 bits per heavy atom. The number of hydrogen-bond acceptors (Lipinski definition) is 6. The number of nitrogens with two attached hydrogens (primary N) is 1. The van der Waals surface area contributed by atoms with Crippen LogP contribution in [-0.2, 0) is 9.59 Å². The average molecular weight is 225 g/mol. The van der Waals surface area contributed by atoms with Crippen molar-refractivity contribution in [3.8, 4) is 0 Å². The second-order valence-corrected chi connectivity index (χ2v) is 3.23. The molecular weight excluding hydrogens is 217 g/mol. The highest BCUT2D eigenvalue weighted by molar-refractivity contribution is 6.02. The molecule has 1 aliphatic heterocycles. The Balaban J connectivity index is 2.32. The van der Waals surface area contributed by atoms with E-state index in [1.54, 1.807) is 0 Å². The fourth-order valence-corrected chi connectivity index (χ4v) is 1.38. The Labute approximate surface area is 89.5 Å². The van der Waals surface area contributed by atoms with Gasteiger partial charge in [-0.15, -0.1) is 0 Å². The number of nitrogens with zero attached hydrogens (tertiary/aromatic N) is 3. The van der Waals surface area contributed by atoms with Gasteiger partial charge < -0.3 is 10.6 Å². The molecule has 2 heterocycles. The van der Waals surface area contributed by atoms with Crippen LogP contribution in [0.5, 0.6) is 0 Å². The number of imide groups is 1. The number of rotatable bonds is 1. The number of hydrogen-bond donors (Lipinski definition) is 2. The van der Waals surface area contributed by atoms with Gasteiger partial charge in [-0.25, -0.2) is 9.37 Å². The van der Waals surface area contributed by atoms with E-state index >= 15 is 0 Å². The van der Waals surface area contributed by atoms with E-state index in [0.29, 0.717) is 0 Å². The maximum Gasteiger partial charge on any atom is 0.246 e. The van der Waals surface area contributed by atoms with Crippen molar-refractivity contribution in [3.63, 3.8) is 0 Å². The summed E-state index contributed by atoms with van der Waals surface area (Å²) in [6.45, 7) is -0.280. The van der Waals surface area contributed by atoms with Crippen LogP contribution < -0.4 is 16.0 Å². The molecule has 0 spiro atoms. The standard InChI is InChI=1S/C8H8FN5O2/c9-4-1-11-8(10)13-7(4)14-2-5(15)12-6(16)3-14/h1H,2-3H2,(H2,10,11,13)(H,12,15,16). The Hall–Kier alpha value is -2.25. The predicted molar refractivity (Wildman–Crippen MR) is 51.8 cm³/mol. The van der Waals surface area contributed by atoms with Gasteiger partial charge in [-0.2, -0.15) is 4.98 Å². The molecule has 1 aliphatic rings. The van der Waals surface area contributed by atoms with E-state index in [0.717, 1.165) is 6.20 Å². The quantitative estimate of drug-likeness (QED) is 0.574. The highest BCUT2D eigenvalue weighted by Crippen LogP contribution is 2.16. The zero-order valence-electron chi connectivity index (χ0n) is 8.11. The molecule has 8 heteroatoms. The molecule has 0 aromatic carbocycles. The third-order valence-electron chi connectivity index (χ3n) is 1.99. The summed E-state index contributed by atoms with van der Waals surface area (Å²) in [6, 6.07) is 0. The van der Waals surface area contributed by atoms with E-state index in [2.05, 4.69) is 15.3 Å². The molecule has 1 aromatic heterocycles. The molecule has 0 bridgehead atoms. The van der Waals surface area contributed by atoms with Crippen LogP contribution in [-0.4, -0.2) is 34.9 Å². The lowest BCUT2D eigenvalue weighted by atomic mass is 10.3. The predicted octanol–water partition coefficient (Wildman–Crippen LogP) is -1.34. The molecule has 16 heavy (non-hydrogen) atoms. The zero-order chi connectivity index (χ0) is 11.7. The first-order chi connectivity index (χ1) is 7.56. The SMILES string of the molecule is Nc1ncc(F)c(N2CC(=O)NC(=O)C2)n1. The third-order valence-corrected chi connectivity index (χ3v) is 1.99. The monoisotopic (exact) mass is 225 g/mol. The summed E-state index contributed by atoms with van der Waals surface area (Å²) in [4.78, 5) is 30.5. The minimum absolute atomic E-state index is 0.116. The van der Waals surface area contributed by atoms with Crippen molar-refractivity contribution in [2.75, 3.05) is 23.7 Å². The highest BCUT2D eigenvalue weighted by atomic mass is 19.1. The number of carbonyl (C=O) groups excluding carboxylic acids is 2. The lowest BCUT2D eigenvalue weighted by Gasteiger charge is -2.26. The van der Waals surface area contributed by atoms with Crippen molar-refractivity contribution >= 4 is 23.6 Å². The normalized spacial score (nSPS) is 16.2. The smallest absolute Gasteiger partial charge is 0.246 e. The van der Waals surface area contributed by atoms with Crippen LogP contribution in [0.15, 0.2) is 6.20 Å². The first-order valence-corrected chi connectivity index (χ1v) is 4.42. The molecule has 1 saturated heterocycles. The van der Waals surface area contributed by atoms with Gasteiger partial charge in [-0.1, -0.05) is 0 Å². The number of aromatic nitrogens is 2. The number of amides is 2. The summed E-state index contributed by atoms with van der Waals surface area (Å²) >= 11 is 0. The van der Waals surface area contributed by atoms with E-state index in [1.165, 1.54) is 4.90 Å². The van der Waals surface area contributed by atoms with Gasteiger partial charge >= 0.3 is 0 Å². The molecule has 3 N–H and O–H groups in total. The van der Waals surface area contributed by atoms with Crippen LogP contribution in [0.3, 0.4) is 0 Å². The van der Waals surface area contributed by atoms with Gasteiger partial charge in [-0.3, -0.25) is 14.9 Å². The Morgan fingerprint density at radius 3 is 2.62 bits per heavy atom. The summed E-state index contributed by atoms with van der Waals surface area (Å²) in [5.41, 5.74) is 5.30. The maximum absolute atomic E-state index is 13.3. The Bertz CT molecular complexity index is 448. The van der Waals surface area contributed by atoms with Crippen molar-refractivity contribution in [2.24, 2.45) is 0 Å². The number of carbonyl (C=O) groups is 2. The molecule has 2 rings (SSSR count). The summed E-state index contributed by atoms with van der Waals surface area (Å²) in [5.74, 6) is -2.00. The van der Waals surface area contributed by atoms with Crippen molar-refractivity contribution < 1.29 is 14.0 Å². The Morgan fingerprint density at radius 2 is 2.00 bits per heavy atom. The molecular formula is C8H8FN5O2. The molecule has 2 amide bonds. The number of piperazine rings is 1. The number of nitrogens with one attached hydrogen (secondary N) is 1. The second-order valence-electron chi connectivity index (χ2n) is 3.23. The molecule has 0 saturated carbocycles. The average Bonchev–Trinajstić information content (AvgIpc) is 2.20. The first kappa shape index (κ1) is 10.3. The van der Waals surface area contributed by atoms with Gasteiger partial charge in [0.25, 0.3) is 0 Å². The molecule has 7 nitrogen and oxygen atoms in total. The van der Waals surface area contributed by atoms with E-state index < -0.39 is 17.6 Å². The summed E-state index contributed by atoms with van der Waals surface area (Å²) in [5, 5.41) is 2.10. The highest BCUT2D eigenvalue weighted by Gasteiger charge is 2.25. The van der Waals surface area contributed by atoms with Gasteiger partial charge in [0, 0.05) is 0 Å². The maximum atomic E-state index is 13.3. The van der Waals surface area contributed by atoms with Crippen molar-refractivity contribution in [2.45, 2.75) is 0 Å². The minimum Gasteiger partial charge on any atom is -0.368 e. The fourth-order valence-electron chi connectivity index (χ4n) is 1.38. The minimum atomic E-state index is -0.725. The van der Waals surface area contributed by atoms with Crippen LogP contribution in [0, 0.1) is 5.82 Å². The van der Waals surface area contributed by atoms with Gasteiger partial charge in [0.1, 0.15) is 0 Å². The largest absolute Gasteiger partial charge is 0.368 e. The third kappa shape index (κ3) is 1.90. The molecule has 84 valence electrons. The number of nitrogen functional groups attached to an aromatic ring is 1. The lowest BCUT2D eigenvalue weighted by molar-refractivity contribution is -0.130. The summed E-state index contributed by atoms with van der Waals surface area (Å²) < 4.78 is 13.3. The molecule has 0 radical (unpaired) electrons. The van der Waals surface area contributed by atoms with E-state index in [4.69, 9.17) is 5.73 Å². The van der Waals surface area contributed by atoms with Crippen LogP contribution in [0.25, 0.3) is 0 Å². The second kappa shape index (κ2) is 3.72. The topological polar surface area (TPSA) is 101 Å². The van der Waals surface area contributed by atoms with E-state index in [-0.39, 0.29) is 24.9 Å². The van der Waals surface area contributed by atoms with Crippen LogP contribution in [0.2, 0.25) is 0 Å². The molecule has 0 atom stereocenters. The van der Waals surface area contributed by atoms with E-state index in [9.17, 15) is 14.0 Å². The zero-order valence-corrected chi connectivity index (χ0v) is 8.11. The Kier molecular flexibility index (Phi) is 2.39. The van der Waals surface area contributed by atoms with E-state index in [1.807, 2.05) is 0 Å². The van der Waals surface area contributed by atoms with Gasteiger partial charge in [0.2, 0.25) is 17.8 Å². The van der Waals surface area contributed by atoms with Crippen molar-refractivity contribution in [3.05, 3.63) is 12.0 Å². The van der Waals surface area contributed by atoms with Crippen LogP contribution >= 0.6 is 0 Å². The van der Waals surface area contributed by atoms with Crippen LogP contribution in [0.4, 0.5) is 16.2 Å². The fraction of sp³-hybridized carbons (Fsp3) is 0.250. The number of anilines is 2. The molecule has 0 aliphatic carbocycles. The molecule has 0 unspecified atom stereocenters. The van der Waals surface area contributed by atoms with Crippen molar-refractivity contribution in [1.82, 2.24) is 15.3 Å². The lowest BCUT2D eigenvalue weighted by Crippen LogP contribution is -2.52. The number of halogens is 1. The molecule has 1 fully saturated rings.